The number of amides is 1. The largest absolute Gasteiger partial charge is 0.331 e. The summed E-state index contributed by atoms with van der Waals surface area (Å²) in [6.07, 6.45) is 3.16. The predicted octanol–water partition coefficient (Wildman–Crippen LogP) is 2.82. The second-order valence-electron chi connectivity index (χ2n) is 5.77. The molecule has 2 heterocycles. The van der Waals surface area contributed by atoms with Crippen molar-refractivity contribution in [1.29, 1.82) is 0 Å². The number of nitrogens with zero attached hydrogens (tertiary/aromatic N) is 3. The number of benzene rings is 1. The molecule has 0 unspecified atom stereocenters. The molecule has 2 aliphatic rings. The Morgan fingerprint density at radius 1 is 1.27 bits per heavy atom. The van der Waals surface area contributed by atoms with Crippen LogP contribution in [0.25, 0.3) is 0 Å². The number of carbonyl (C=O) groups excluding carboxylic acids is 1. The number of aromatic nitrogens is 2. The lowest BCUT2D eigenvalue weighted by Crippen LogP contribution is -2.39. The fraction of sp³-hybridized carbons (Fsp3) is 0.375. The molecule has 22 heavy (non-hydrogen) atoms. The van der Waals surface area contributed by atoms with Crippen LogP contribution in [0.5, 0.6) is 0 Å². The maximum atomic E-state index is 14.0. The Morgan fingerprint density at radius 3 is 2.95 bits per heavy atom. The molecule has 2 aromatic rings. The second-order valence-corrected chi connectivity index (χ2v) is 6.18. The highest BCUT2D eigenvalue weighted by Gasteiger charge is 2.30. The van der Waals surface area contributed by atoms with Crippen LogP contribution >= 0.6 is 11.6 Å². The normalized spacial score (nSPS) is 16.5. The Bertz CT molecular complexity index is 751. The van der Waals surface area contributed by atoms with Crippen molar-refractivity contribution in [3.63, 3.8) is 0 Å². The Labute approximate surface area is 132 Å². The number of carbonyl (C=O) groups is 1. The molecule has 0 saturated heterocycles. The standard InChI is InChI=1S/C16H15ClFN3O/c17-11-4-2-5-12(18)15(11)16(22)20-7-8-21-14(9-20)10-3-1-6-13(10)19-21/h2,4-5H,1,3,6-9H2. The lowest BCUT2D eigenvalue weighted by molar-refractivity contribution is 0.0700. The van der Waals surface area contributed by atoms with Crippen molar-refractivity contribution < 1.29 is 9.18 Å². The zero-order chi connectivity index (χ0) is 15.3. The van der Waals surface area contributed by atoms with Crippen LogP contribution in [-0.4, -0.2) is 27.1 Å². The van der Waals surface area contributed by atoms with Crippen molar-refractivity contribution in [3.05, 3.63) is 51.6 Å². The molecule has 0 atom stereocenters. The first kappa shape index (κ1) is 13.8. The van der Waals surface area contributed by atoms with Crippen molar-refractivity contribution in [2.45, 2.75) is 32.4 Å². The Kier molecular flexibility index (Phi) is 3.18. The smallest absolute Gasteiger partial charge is 0.258 e. The molecule has 1 aliphatic carbocycles. The average Bonchev–Trinajstić information content (AvgIpc) is 3.07. The second kappa shape index (κ2) is 5.09. The van der Waals surface area contributed by atoms with Gasteiger partial charge in [0.15, 0.2) is 0 Å². The Morgan fingerprint density at radius 2 is 2.14 bits per heavy atom. The summed E-state index contributed by atoms with van der Waals surface area (Å²) in [6, 6.07) is 4.32. The first-order valence-corrected chi connectivity index (χ1v) is 7.83. The molecule has 1 aromatic heterocycles. The quantitative estimate of drug-likeness (QED) is 0.810. The summed E-state index contributed by atoms with van der Waals surface area (Å²) in [6.45, 7) is 1.66. The van der Waals surface area contributed by atoms with Crippen molar-refractivity contribution in [1.82, 2.24) is 14.7 Å². The van der Waals surface area contributed by atoms with Crippen molar-refractivity contribution in [2.24, 2.45) is 0 Å². The summed E-state index contributed by atoms with van der Waals surface area (Å²) in [4.78, 5) is 14.3. The zero-order valence-corrected chi connectivity index (χ0v) is 12.7. The van der Waals surface area contributed by atoms with Gasteiger partial charge in [0.05, 0.1) is 35.1 Å². The zero-order valence-electron chi connectivity index (χ0n) is 12.0. The minimum atomic E-state index is -0.568. The summed E-state index contributed by atoms with van der Waals surface area (Å²) in [5.41, 5.74) is 3.50. The van der Waals surface area contributed by atoms with Crippen LogP contribution < -0.4 is 0 Å². The summed E-state index contributed by atoms with van der Waals surface area (Å²) in [7, 11) is 0. The Balaban J connectivity index is 1.66. The van der Waals surface area contributed by atoms with Crippen LogP contribution in [0.3, 0.4) is 0 Å². The third-order valence-corrected chi connectivity index (χ3v) is 4.79. The SMILES string of the molecule is O=C(c1c(F)cccc1Cl)N1CCn2nc3c(c2C1)CCC3. The minimum absolute atomic E-state index is 0.0335. The van der Waals surface area contributed by atoms with Gasteiger partial charge in [-0.05, 0) is 37.0 Å². The molecule has 4 rings (SSSR count). The lowest BCUT2D eigenvalue weighted by Gasteiger charge is -2.29. The van der Waals surface area contributed by atoms with Crippen LogP contribution in [0.2, 0.25) is 5.02 Å². The van der Waals surface area contributed by atoms with E-state index in [0.717, 1.165) is 30.7 Å². The molecule has 0 bridgehead atoms. The molecule has 1 aliphatic heterocycles. The van der Waals surface area contributed by atoms with E-state index in [4.69, 9.17) is 11.6 Å². The first-order chi connectivity index (χ1) is 10.6. The highest BCUT2D eigenvalue weighted by Crippen LogP contribution is 2.29. The molecule has 0 saturated carbocycles. The number of fused-ring (bicyclic) bond motifs is 3. The minimum Gasteiger partial charge on any atom is -0.331 e. The number of halogens is 2. The predicted molar refractivity (Wildman–Crippen MR) is 80.4 cm³/mol. The van der Waals surface area contributed by atoms with Gasteiger partial charge in [-0.25, -0.2) is 4.39 Å². The van der Waals surface area contributed by atoms with E-state index >= 15 is 0 Å². The van der Waals surface area contributed by atoms with Crippen LogP contribution in [0, 0.1) is 5.82 Å². The maximum Gasteiger partial charge on any atom is 0.258 e. The third kappa shape index (κ3) is 2.03. The van der Waals surface area contributed by atoms with Gasteiger partial charge in [0.25, 0.3) is 5.91 Å². The highest BCUT2D eigenvalue weighted by atomic mass is 35.5. The third-order valence-electron chi connectivity index (χ3n) is 4.48. The summed E-state index contributed by atoms with van der Waals surface area (Å²) < 4.78 is 16.0. The van der Waals surface area contributed by atoms with E-state index in [2.05, 4.69) is 5.10 Å². The fourth-order valence-electron chi connectivity index (χ4n) is 3.38. The maximum absolute atomic E-state index is 14.0. The van der Waals surface area contributed by atoms with Gasteiger partial charge in [-0.15, -0.1) is 0 Å². The van der Waals surface area contributed by atoms with E-state index in [9.17, 15) is 9.18 Å². The van der Waals surface area contributed by atoms with Crippen molar-refractivity contribution >= 4 is 17.5 Å². The molecule has 1 amide bonds. The van der Waals surface area contributed by atoms with Crippen LogP contribution in [0.4, 0.5) is 4.39 Å². The molecule has 1 aromatic carbocycles. The monoisotopic (exact) mass is 319 g/mol. The van der Waals surface area contributed by atoms with Crippen LogP contribution in [-0.2, 0) is 25.9 Å². The molecule has 6 heteroatoms. The summed E-state index contributed by atoms with van der Waals surface area (Å²) >= 11 is 6.01. The molecule has 0 radical (unpaired) electrons. The van der Waals surface area contributed by atoms with Gasteiger partial charge < -0.3 is 4.90 Å². The van der Waals surface area contributed by atoms with Gasteiger partial charge in [0.1, 0.15) is 5.82 Å². The lowest BCUT2D eigenvalue weighted by atomic mass is 10.1. The molecule has 0 N–H and O–H groups in total. The van der Waals surface area contributed by atoms with E-state index in [0.29, 0.717) is 19.6 Å². The van der Waals surface area contributed by atoms with E-state index in [1.54, 1.807) is 11.0 Å². The number of hydrogen-bond donors (Lipinski definition) is 0. The van der Waals surface area contributed by atoms with Gasteiger partial charge >= 0.3 is 0 Å². The molecular formula is C16H15ClFN3O. The first-order valence-electron chi connectivity index (χ1n) is 7.46. The van der Waals surface area contributed by atoms with Crippen LogP contribution in [0.1, 0.15) is 33.7 Å². The number of hydrogen-bond acceptors (Lipinski definition) is 2. The number of aryl methyl sites for hydroxylation is 1. The summed E-state index contributed by atoms with van der Waals surface area (Å²) in [5, 5.41) is 4.77. The van der Waals surface area contributed by atoms with Gasteiger partial charge in [-0.3, -0.25) is 9.48 Å². The molecule has 0 spiro atoms. The molecule has 4 nitrogen and oxygen atoms in total. The van der Waals surface area contributed by atoms with E-state index in [1.807, 2.05) is 4.68 Å². The van der Waals surface area contributed by atoms with Gasteiger partial charge in [0.2, 0.25) is 0 Å². The molecule has 114 valence electrons. The highest BCUT2D eigenvalue weighted by molar-refractivity contribution is 6.33. The molecule has 0 fully saturated rings. The fourth-order valence-corrected chi connectivity index (χ4v) is 3.63. The average molecular weight is 320 g/mol. The van der Waals surface area contributed by atoms with Gasteiger partial charge in [0, 0.05) is 6.54 Å². The Hall–Kier alpha value is -1.88. The van der Waals surface area contributed by atoms with Crippen molar-refractivity contribution in [2.75, 3.05) is 6.54 Å². The van der Waals surface area contributed by atoms with E-state index in [1.165, 1.54) is 17.7 Å². The van der Waals surface area contributed by atoms with Crippen LogP contribution in [0.15, 0.2) is 18.2 Å². The van der Waals surface area contributed by atoms with Gasteiger partial charge in [-0.1, -0.05) is 17.7 Å². The van der Waals surface area contributed by atoms with Gasteiger partial charge in [-0.2, -0.15) is 5.10 Å². The van der Waals surface area contributed by atoms with Crippen molar-refractivity contribution in [3.8, 4) is 0 Å². The molecular weight excluding hydrogens is 305 g/mol. The number of rotatable bonds is 1. The summed E-state index contributed by atoms with van der Waals surface area (Å²) in [5.74, 6) is -0.913. The van der Waals surface area contributed by atoms with E-state index < -0.39 is 5.82 Å². The van der Waals surface area contributed by atoms with E-state index in [-0.39, 0.29) is 16.5 Å². The topological polar surface area (TPSA) is 38.1 Å².